The number of nitrogens with one attached hydrogen (secondary N) is 2. The molecule has 136 valence electrons. The summed E-state index contributed by atoms with van der Waals surface area (Å²) in [7, 11) is 0. The molecule has 0 aliphatic heterocycles. The van der Waals surface area contributed by atoms with Gasteiger partial charge in [-0.2, -0.15) is 0 Å². The van der Waals surface area contributed by atoms with Gasteiger partial charge in [0.1, 0.15) is 11.5 Å². The Hall–Kier alpha value is -3.67. The summed E-state index contributed by atoms with van der Waals surface area (Å²) in [6.07, 6.45) is 1.66. The lowest BCUT2D eigenvalue weighted by molar-refractivity contribution is -0.120. The topological polar surface area (TPSA) is 80.3 Å². The van der Waals surface area contributed by atoms with Gasteiger partial charge in [0, 0.05) is 11.8 Å². The van der Waals surface area contributed by atoms with Gasteiger partial charge in [-0.05, 0) is 48.5 Å². The van der Waals surface area contributed by atoms with Gasteiger partial charge in [-0.15, -0.1) is 0 Å². The lowest BCUT2D eigenvalue weighted by Gasteiger charge is -2.08. The molecule has 0 aliphatic carbocycles. The van der Waals surface area contributed by atoms with Crippen molar-refractivity contribution < 1.29 is 14.3 Å². The van der Waals surface area contributed by atoms with Crippen LogP contribution in [0.1, 0.15) is 16.1 Å². The summed E-state index contributed by atoms with van der Waals surface area (Å²) < 4.78 is 5.68. The fourth-order valence-corrected chi connectivity index (χ4v) is 2.32. The van der Waals surface area contributed by atoms with Crippen LogP contribution in [0.2, 0.25) is 0 Å². The minimum atomic E-state index is -0.325. The zero-order chi connectivity index (χ0) is 18.9. The number of benzene rings is 2. The van der Waals surface area contributed by atoms with Gasteiger partial charge in [-0.1, -0.05) is 24.3 Å². The van der Waals surface area contributed by atoms with E-state index in [1.807, 2.05) is 48.5 Å². The van der Waals surface area contributed by atoms with E-state index < -0.39 is 0 Å². The fraction of sp³-hybridized carbons (Fsp3) is 0.0952. The summed E-state index contributed by atoms with van der Waals surface area (Å²) in [5, 5.41) is 5.30. The third-order valence-electron chi connectivity index (χ3n) is 3.70. The van der Waals surface area contributed by atoms with Gasteiger partial charge in [0.2, 0.25) is 5.91 Å². The van der Waals surface area contributed by atoms with E-state index in [1.54, 1.807) is 30.5 Å². The van der Waals surface area contributed by atoms with E-state index in [0.717, 1.165) is 11.4 Å². The number of nitrogens with zero attached hydrogens (tertiary/aromatic N) is 1. The van der Waals surface area contributed by atoms with E-state index in [4.69, 9.17) is 4.74 Å². The predicted octanol–water partition coefficient (Wildman–Crippen LogP) is 2.92. The van der Waals surface area contributed by atoms with Crippen molar-refractivity contribution in [2.45, 2.75) is 6.54 Å². The number of hydrogen-bond acceptors (Lipinski definition) is 4. The maximum atomic E-state index is 12.1. The normalized spacial score (nSPS) is 10.1. The highest BCUT2D eigenvalue weighted by molar-refractivity contribution is 5.96. The Morgan fingerprint density at radius 3 is 2.22 bits per heavy atom. The SMILES string of the molecule is O=C(CNC(=O)c1ccc(Oc2ccccc2)cc1)NCc1ccccn1. The van der Waals surface area contributed by atoms with Crippen LogP contribution in [0.25, 0.3) is 0 Å². The highest BCUT2D eigenvalue weighted by Crippen LogP contribution is 2.21. The molecule has 27 heavy (non-hydrogen) atoms. The van der Waals surface area contributed by atoms with Gasteiger partial charge in [0.25, 0.3) is 5.91 Å². The highest BCUT2D eigenvalue weighted by Gasteiger charge is 2.08. The molecule has 2 amide bonds. The number of ether oxygens (including phenoxy) is 1. The average molecular weight is 361 g/mol. The summed E-state index contributed by atoms with van der Waals surface area (Å²) in [4.78, 5) is 28.1. The van der Waals surface area contributed by atoms with Crippen LogP contribution in [0.4, 0.5) is 0 Å². The molecule has 3 aromatic rings. The minimum absolute atomic E-state index is 0.103. The maximum absolute atomic E-state index is 12.1. The monoisotopic (exact) mass is 361 g/mol. The molecular formula is C21H19N3O3. The Kier molecular flexibility index (Phi) is 6.14. The van der Waals surface area contributed by atoms with Crippen molar-refractivity contribution >= 4 is 11.8 Å². The second kappa shape index (κ2) is 9.15. The maximum Gasteiger partial charge on any atom is 0.251 e. The van der Waals surface area contributed by atoms with Gasteiger partial charge in [-0.3, -0.25) is 14.6 Å². The molecule has 0 radical (unpaired) electrons. The van der Waals surface area contributed by atoms with E-state index >= 15 is 0 Å². The van der Waals surface area contributed by atoms with Crippen molar-refractivity contribution in [2.75, 3.05) is 6.54 Å². The van der Waals surface area contributed by atoms with Crippen LogP contribution >= 0.6 is 0 Å². The van der Waals surface area contributed by atoms with Crippen LogP contribution in [0.3, 0.4) is 0 Å². The van der Waals surface area contributed by atoms with E-state index in [2.05, 4.69) is 15.6 Å². The molecule has 0 bridgehead atoms. The van der Waals surface area contributed by atoms with Gasteiger partial charge in [0.05, 0.1) is 18.8 Å². The smallest absolute Gasteiger partial charge is 0.251 e. The number of pyridine rings is 1. The van der Waals surface area contributed by atoms with Crippen molar-refractivity contribution in [1.29, 1.82) is 0 Å². The van der Waals surface area contributed by atoms with Crippen LogP contribution in [-0.4, -0.2) is 23.3 Å². The number of carbonyl (C=O) groups excluding carboxylic acids is 2. The van der Waals surface area contributed by atoms with Crippen molar-refractivity contribution in [1.82, 2.24) is 15.6 Å². The lowest BCUT2D eigenvalue weighted by atomic mass is 10.2. The van der Waals surface area contributed by atoms with Crippen LogP contribution in [0.5, 0.6) is 11.5 Å². The second-order valence-corrected chi connectivity index (χ2v) is 5.72. The second-order valence-electron chi connectivity index (χ2n) is 5.72. The molecule has 0 unspecified atom stereocenters. The van der Waals surface area contributed by atoms with E-state index in [9.17, 15) is 9.59 Å². The van der Waals surface area contributed by atoms with Gasteiger partial charge >= 0.3 is 0 Å². The third-order valence-corrected chi connectivity index (χ3v) is 3.70. The molecule has 2 aromatic carbocycles. The number of para-hydroxylation sites is 1. The molecule has 0 spiro atoms. The van der Waals surface area contributed by atoms with E-state index in [0.29, 0.717) is 17.9 Å². The van der Waals surface area contributed by atoms with Crippen molar-refractivity contribution in [3.8, 4) is 11.5 Å². The summed E-state index contributed by atoms with van der Waals surface area (Å²) in [6, 6.07) is 21.6. The largest absolute Gasteiger partial charge is 0.457 e. The predicted molar refractivity (Wildman–Crippen MR) is 101 cm³/mol. The van der Waals surface area contributed by atoms with Gasteiger partial charge in [0.15, 0.2) is 0 Å². The Labute approximate surface area is 157 Å². The molecule has 1 heterocycles. The number of hydrogen-bond donors (Lipinski definition) is 2. The quantitative estimate of drug-likeness (QED) is 0.678. The lowest BCUT2D eigenvalue weighted by Crippen LogP contribution is -2.36. The van der Waals surface area contributed by atoms with E-state index in [-0.39, 0.29) is 18.4 Å². The standard InChI is InChI=1S/C21H19N3O3/c25-20(23-14-17-6-4-5-13-22-17)15-24-21(26)16-9-11-19(12-10-16)27-18-7-2-1-3-8-18/h1-13H,14-15H2,(H,23,25)(H,24,26). The summed E-state index contributed by atoms with van der Waals surface area (Å²) in [6.45, 7) is 0.217. The summed E-state index contributed by atoms with van der Waals surface area (Å²) >= 11 is 0. The fourth-order valence-electron chi connectivity index (χ4n) is 2.32. The molecule has 6 heteroatoms. The number of rotatable bonds is 7. The zero-order valence-corrected chi connectivity index (χ0v) is 14.6. The molecule has 0 fully saturated rings. The van der Waals surface area contributed by atoms with Crippen LogP contribution in [-0.2, 0) is 11.3 Å². The zero-order valence-electron chi connectivity index (χ0n) is 14.6. The van der Waals surface area contributed by atoms with Gasteiger partial charge in [-0.25, -0.2) is 0 Å². The molecule has 6 nitrogen and oxygen atoms in total. The Balaban J connectivity index is 1.45. The molecular weight excluding hydrogens is 342 g/mol. The first-order valence-electron chi connectivity index (χ1n) is 8.48. The third kappa shape index (κ3) is 5.67. The molecule has 0 saturated carbocycles. The number of amides is 2. The highest BCUT2D eigenvalue weighted by atomic mass is 16.5. The van der Waals surface area contributed by atoms with Crippen LogP contribution in [0.15, 0.2) is 79.0 Å². The number of carbonyl (C=O) groups is 2. The van der Waals surface area contributed by atoms with Gasteiger partial charge < -0.3 is 15.4 Å². The first-order chi connectivity index (χ1) is 13.2. The van der Waals surface area contributed by atoms with E-state index in [1.165, 1.54) is 0 Å². The minimum Gasteiger partial charge on any atom is -0.457 e. The first-order valence-corrected chi connectivity index (χ1v) is 8.48. The average Bonchev–Trinajstić information content (AvgIpc) is 2.72. The molecule has 0 atom stereocenters. The Bertz CT molecular complexity index is 882. The van der Waals surface area contributed by atoms with Crippen molar-refractivity contribution in [2.24, 2.45) is 0 Å². The molecule has 0 saturated heterocycles. The number of aromatic nitrogens is 1. The van der Waals surface area contributed by atoms with Crippen molar-refractivity contribution in [3.63, 3.8) is 0 Å². The van der Waals surface area contributed by atoms with Crippen LogP contribution < -0.4 is 15.4 Å². The first kappa shape index (κ1) is 18.1. The molecule has 0 aliphatic rings. The summed E-state index contributed by atoms with van der Waals surface area (Å²) in [5.74, 6) is 0.748. The summed E-state index contributed by atoms with van der Waals surface area (Å²) in [5.41, 5.74) is 1.21. The molecule has 3 rings (SSSR count). The van der Waals surface area contributed by atoms with Crippen LogP contribution in [0, 0.1) is 0 Å². The Morgan fingerprint density at radius 1 is 0.815 bits per heavy atom. The molecule has 2 N–H and O–H groups in total. The van der Waals surface area contributed by atoms with Crippen molar-refractivity contribution in [3.05, 3.63) is 90.3 Å². The molecule has 1 aromatic heterocycles. The Morgan fingerprint density at radius 2 is 1.52 bits per heavy atom.